The molecule has 2 heterocycles. The second-order valence-electron chi connectivity index (χ2n) is 7.51. The van der Waals surface area contributed by atoms with E-state index in [1.54, 1.807) is 0 Å². The Hall–Kier alpha value is -1.51. The predicted octanol–water partition coefficient (Wildman–Crippen LogP) is 1.68. The van der Waals surface area contributed by atoms with Crippen molar-refractivity contribution in [2.45, 2.75) is 30.6 Å². The molecule has 2 aliphatic rings. The zero-order valence-corrected chi connectivity index (χ0v) is 16.5. The van der Waals surface area contributed by atoms with E-state index in [1.165, 1.54) is 16.4 Å². The summed E-state index contributed by atoms with van der Waals surface area (Å²) in [5.74, 6) is -0.255. The fourth-order valence-electron chi connectivity index (χ4n) is 4.10. The highest BCUT2D eigenvalue weighted by Gasteiger charge is 2.36. The number of nitrogens with one attached hydrogen (secondary N) is 1. The Morgan fingerprint density at radius 3 is 2.56 bits per heavy atom. The number of nitrogens with zero attached hydrogens (tertiary/aromatic N) is 2. The fraction of sp³-hybridized carbons (Fsp3) is 0.632. The zero-order valence-electron chi connectivity index (χ0n) is 15.7. The van der Waals surface area contributed by atoms with Crippen molar-refractivity contribution < 1.29 is 17.6 Å². The maximum Gasteiger partial charge on any atom is 0.243 e. The van der Waals surface area contributed by atoms with Crippen molar-refractivity contribution in [2.24, 2.45) is 11.8 Å². The summed E-state index contributed by atoms with van der Waals surface area (Å²) in [5, 5.41) is 3.17. The number of hydrogen-bond acceptors (Lipinski definition) is 4. The molecule has 1 aromatic carbocycles. The van der Waals surface area contributed by atoms with Crippen LogP contribution in [0, 0.1) is 17.7 Å². The first-order valence-corrected chi connectivity index (χ1v) is 11.0. The van der Waals surface area contributed by atoms with Gasteiger partial charge >= 0.3 is 0 Å². The first-order valence-electron chi connectivity index (χ1n) is 9.61. The molecule has 2 saturated heterocycles. The minimum atomic E-state index is -3.71. The van der Waals surface area contributed by atoms with Crippen LogP contribution in [0.1, 0.15) is 25.7 Å². The molecule has 1 aromatic rings. The topological polar surface area (TPSA) is 69.7 Å². The molecule has 6 nitrogen and oxygen atoms in total. The van der Waals surface area contributed by atoms with E-state index in [9.17, 15) is 17.6 Å². The van der Waals surface area contributed by atoms with E-state index in [-0.39, 0.29) is 23.3 Å². The van der Waals surface area contributed by atoms with Crippen LogP contribution in [0.4, 0.5) is 4.39 Å². The van der Waals surface area contributed by atoms with Gasteiger partial charge in [-0.3, -0.25) is 4.79 Å². The largest absolute Gasteiger partial charge is 0.342 e. The summed E-state index contributed by atoms with van der Waals surface area (Å²) in [7, 11) is -1.79. The fourth-order valence-corrected chi connectivity index (χ4v) is 5.62. The molecule has 0 radical (unpaired) electrons. The number of likely N-dealkylation sites (tertiary alicyclic amines) is 1. The van der Waals surface area contributed by atoms with E-state index in [4.69, 9.17) is 0 Å². The molecular formula is C19H28FN3O3S. The SMILES string of the molecule is CNCC1CCCN(C(=O)C2CCCN(S(=O)(=O)c3ccc(F)cc3)C2)C1. The minimum Gasteiger partial charge on any atom is -0.342 e. The van der Waals surface area contributed by atoms with Crippen LogP contribution in [-0.2, 0) is 14.8 Å². The van der Waals surface area contributed by atoms with Gasteiger partial charge in [0.25, 0.3) is 0 Å². The van der Waals surface area contributed by atoms with Crippen molar-refractivity contribution in [2.75, 3.05) is 39.8 Å². The lowest BCUT2D eigenvalue weighted by atomic mass is 9.93. The Bertz CT molecular complexity index is 752. The van der Waals surface area contributed by atoms with Crippen LogP contribution in [0.3, 0.4) is 0 Å². The van der Waals surface area contributed by atoms with Gasteiger partial charge in [0.1, 0.15) is 5.82 Å². The lowest BCUT2D eigenvalue weighted by molar-refractivity contribution is -0.138. The highest BCUT2D eigenvalue weighted by Crippen LogP contribution is 2.27. The Kier molecular flexibility index (Phi) is 6.49. The first kappa shape index (κ1) is 20.2. The van der Waals surface area contributed by atoms with E-state index >= 15 is 0 Å². The standard InChI is InChI=1S/C19H28FN3O3S/c1-21-12-15-4-2-10-22(13-15)19(24)16-5-3-11-23(14-16)27(25,26)18-8-6-17(20)7-9-18/h6-9,15-16,21H,2-5,10-14H2,1H3. The second-order valence-corrected chi connectivity index (χ2v) is 9.44. The molecule has 0 aliphatic carbocycles. The summed E-state index contributed by atoms with van der Waals surface area (Å²) in [6, 6.07) is 4.86. The second kappa shape index (κ2) is 8.67. The Morgan fingerprint density at radius 1 is 1.15 bits per heavy atom. The average molecular weight is 398 g/mol. The van der Waals surface area contributed by atoms with Crippen molar-refractivity contribution in [1.29, 1.82) is 0 Å². The number of hydrogen-bond donors (Lipinski definition) is 1. The molecule has 2 unspecified atom stereocenters. The maximum atomic E-state index is 13.1. The predicted molar refractivity (Wildman–Crippen MR) is 101 cm³/mol. The van der Waals surface area contributed by atoms with Gasteiger partial charge in [-0.2, -0.15) is 4.31 Å². The molecule has 3 rings (SSSR count). The number of amides is 1. The third kappa shape index (κ3) is 4.67. The highest BCUT2D eigenvalue weighted by molar-refractivity contribution is 7.89. The summed E-state index contributed by atoms with van der Waals surface area (Å²) in [6.07, 6.45) is 3.47. The number of benzene rings is 1. The summed E-state index contributed by atoms with van der Waals surface area (Å²) < 4.78 is 40.2. The summed E-state index contributed by atoms with van der Waals surface area (Å²) in [6.45, 7) is 2.97. The van der Waals surface area contributed by atoms with Crippen LogP contribution >= 0.6 is 0 Å². The van der Waals surface area contributed by atoms with E-state index in [1.807, 2.05) is 11.9 Å². The molecule has 1 N–H and O–H groups in total. The van der Waals surface area contributed by atoms with E-state index in [0.717, 1.165) is 44.6 Å². The molecular weight excluding hydrogens is 369 g/mol. The van der Waals surface area contributed by atoms with Crippen LogP contribution in [0.15, 0.2) is 29.2 Å². The third-order valence-corrected chi connectivity index (χ3v) is 7.39. The van der Waals surface area contributed by atoms with Gasteiger partial charge in [-0.05, 0) is 69.5 Å². The molecule has 0 bridgehead atoms. The average Bonchev–Trinajstić information content (AvgIpc) is 2.68. The zero-order chi connectivity index (χ0) is 19.4. The van der Waals surface area contributed by atoms with Crippen molar-refractivity contribution in [3.8, 4) is 0 Å². The van der Waals surface area contributed by atoms with Crippen molar-refractivity contribution in [1.82, 2.24) is 14.5 Å². The highest BCUT2D eigenvalue weighted by atomic mass is 32.2. The number of carbonyl (C=O) groups is 1. The van der Waals surface area contributed by atoms with Gasteiger partial charge in [0.15, 0.2) is 0 Å². The van der Waals surface area contributed by atoms with Gasteiger partial charge in [0, 0.05) is 26.2 Å². The van der Waals surface area contributed by atoms with E-state index in [0.29, 0.717) is 25.3 Å². The van der Waals surface area contributed by atoms with E-state index < -0.39 is 15.8 Å². The van der Waals surface area contributed by atoms with Gasteiger partial charge in [-0.25, -0.2) is 12.8 Å². The van der Waals surface area contributed by atoms with Crippen molar-refractivity contribution in [3.05, 3.63) is 30.1 Å². The van der Waals surface area contributed by atoms with E-state index in [2.05, 4.69) is 5.32 Å². The van der Waals surface area contributed by atoms with Crippen molar-refractivity contribution in [3.63, 3.8) is 0 Å². The quantitative estimate of drug-likeness (QED) is 0.821. The van der Waals surface area contributed by atoms with Gasteiger partial charge in [-0.15, -0.1) is 0 Å². The molecule has 27 heavy (non-hydrogen) atoms. The summed E-state index contributed by atoms with van der Waals surface area (Å²) in [5.41, 5.74) is 0. The molecule has 2 atom stereocenters. The number of sulfonamides is 1. The van der Waals surface area contributed by atoms with Crippen LogP contribution < -0.4 is 5.32 Å². The molecule has 0 saturated carbocycles. The van der Waals surface area contributed by atoms with Gasteiger partial charge in [0.2, 0.25) is 15.9 Å². The van der Waals surface area contributed by atoms with Gasteiger partial charge in [0.05, 0.1) is 10.8 Å². The van der Waals surface area contributed by atoms with Gasteiger partial charge < -0.3 is 10.2 Å². The van der Waals surface area contributed by atoms with Gasteiger partial charge in [-0.1, -0.05) is 0 Å². The summed E-state index contributed by atoms with van der Waals surface area (Å²) >= 11 is 0. The smallest absolute Gasteiger partial charge is 0.243 e. The third-order valence-electron chi connectivity index (χ3n) is 5.51. The maximum absolute atomic E-state index is 13.1. The lowest BCUT2D eigenvalue weighted by Crippen LogP contribution is -2.49. The van der Waals surface area contributed by atoms with Crippen molar-refractivity contribution >= 4 is 15.9 Å². The number of carbonyl (C=O) groups excluding carboxylic acids is 1. The van der Waals surface area contributed by atoms with Crippen LogP contribution in [0.2, 0.25) is 0 Å². The number of halogens is 1. The van der Waals surface area contributed by atoms with Crippen LogP contribution in [-0.4, -0.2) is 63.3 Å². The Labute approximate surface area is 160 Å². The summed E-state index contributed by atoms with van der Waals surface area (Å²) in [4.78, 5) is 15.0. The number of rotatable bonds is 5. The molecule has 0 aromatic heterocycles. The molecule has 1 amide bonds. The lowest BCUT2D eigenvalue weighted by Gasteiger charge is -2.38. The number of piperidine rings is 2. The molecule has 150 valence electrons. The molecule has 8 heteroatoms. The molecule has 0 spiro atoms. The first-order chi connectivity index (χ1) is 12.9. The van der Waals surface area contributed by atoms with Crippen LogP contribution in [0.25, 0.3) is 0 Å². The molecule has 2 fully saturated rings. The monoisotopic (exact) mass is 397 g/mol. The normalized spacial score (nSPS) is 24.7. The Balaban J connectivity index is 1.68. The minimum absolute atomic E-state index is 0.0646. The molecule has 2 aliphatic heterocycles. The Morgan fingerprint density at radius 2 is 1.85 bits per heavy atom. The van der Waals surface area contributed by atoms with Crippen LogP contribution in [0.5, 0.6) is 0 Å².